The van der Waals surface area contributed by atoms with Crippen molar-refractivity contribution in [1.29, 1.82) is 0 Å². The average molecular weight is 411 g/mol. The second kappa shape index (κ2) is 10.1. The Kier molecular flexibility index (Phi) is 10.4. The fourth-order valence-corrected chi connectivity index (χ4v) is 12.3. The highest BCUT2D eigenvalue weighted by atomic mass is 28.4. The molecule has 0 saturated heterocycles. The van der Waals surface area contributed by atoms with Gasteiger partial charge in [0.25, 0.3) is 0 Å². The molecular formula is C16H42O4Si4. The molecule has 0 aliphatic rings. The quantitative estimate of drug-likeness (QED) is 0.327. The van der Waals surface area contributed by atoms with Crippen molar-refractivity contribution in [2.45, 2.75) is 71.4 Å². The first-order valence-corrected chi connectivity index (χ1v) is 22.1. The Morgan fingerprint density at radius 1 is 0.667 bits per heavy atom. The lowest BCUT2D eigenvalue weighted by Gasteiger charge is -2.34. The summed E-state index contributed by atoms with van der Waals surface area (Å²) in [5, 5.41) is 0. The molecule has 4 nitrogen and oxygen atoms in total. The van der Waals surface area contributed by atoms with Crippen LogP contribution in [-0.4, -0.2) is 65.4 Å². The maximum Gasteiger partial charge on any atom is 0.213 e. The summed E-state index contributed by atoms with van der Waals surface area (Å²) in [5.74, 6) is 0. The van der Waals surface area contributed by atoms with Crippen LogP contribution in [0.2, 0.25) is 65.0 Å². The van der Waals surface area contributed by atoms with Gasteiger partial charge in [-0.3, -0.25) is 0 Å². The molecule has 0 heterocycles. The van der Waals surface area contributed by atoms with Crippen LogP contribution < -0.4 is 0 Å². The molecule has 0 amide bonds. The number of ether oxygens (including phenoxy) is 1. The fraction of sp³-hybridized carbons (Fsp3) is 1.00. The van der Waals surface area contributed by atoms with Crippen molar-refractivity contribution in [3.8, 4) is 0 Å². The molecule has 0 aromatic carbocycles. The van der Waals surface area contributed by atoms with Crippen molar-refractivity contribution in [2.24, 2.45) is 0 Å². The van der Waals surface area contributed by atoms with E-state index in [0.29, 0.717) is 0 Å². The van der Waals surface area contributed by atoms with Crippen LogP contribution in [0.15, 0.2) is 0 Å². The smallest absolute Gasteiger partial charge is 0.213 e. The summed E-state index contributed by atoms with van der Waals surface area (Å²) >= 11 is 0. The molecule has 0 aliphatic heterocycles. The first-order chi connectivity index (χ1) is 10.7. The molecular weight excluding hydrogens is 369 g/mol. The average Bonchev–Trinajstić information content (AvgIpc) is 2.41. The second-order valence-corrected chi connectivity index (χ2v) is 27.8. The van der Waals surface area contributed by atoms with E-state index in [1.807, 2.05) is 0 Å². The van der Waals surface area contributed by atoms with Crippen molar-refractivity contribution in [1.82, 2.24) is 0 Å². The summed E-state index contributed by atoms with van der Waals surface area (Å²) in [7, 11) is -4.59. The van der Waals surface area contributed by atoms with Crippen molar-refractivity contribution in [3.05, 3.63) is 0 Å². The van der Waals surface area contributed by atoms with Crippen molar-refractivity contribution in [2.75, 3.05) is 32.4 Å². The molecule has 0 aliphatic carbocycles. The molecule has 24 heavy (non-hydrogen) atoms. The van der Waals surface area contributed by atoms with E-state index in [1.165, 1.54) is 0 Å². The molecule has 0 radical (unpaired) electrons. The topological polar surface area (TPSA) is 36.9 Å². The van der Waals surface area contributed by atoms with Gasteiger partial charge in [0.05, 0.1) is 20.5 Å². The summed E-state index contributed by atoms with van der Waals surface area (Å²) in [6.07, 6.45) is 3.56. The normalized spacial score (nSPS) is 16.2. The molecule has 0 saturated carbocycles. The van der Waals surface area contributed by atoms with Crippen LogP contribution in [0.4, 0.5) is 0 Å². The molecule has 0 rings (SSSR count). The first-order valence-electron chi connectivity index (χ1n) is 9.09. The maximum absolute atomic E-state index is 6.53. The highest BCUT2D eigenvalue weighted by Gasteiger charge is 2.35. The third kappa shape index (κ3) is 13.9. The van der Waals surface area contributed by atoms with Gasteiger partial charge in [0, 0.05) is 19.9 Å². The molecule has 0 N–H and O–H groups in total. The van der Waals surface area contributed by atoms with Gasteiger partial charge in [0.2, 0.25) is 16.6 Å². The molecule has 1 atom stereocenters. The molecule has 1 unspecified atom stereocenters. The zero-order chi connectivity index (χ0) is 19.1. The van der Waals surface area contributed by atoms with Crippen LogP contribution >= 0.6 is 0 Å². The summed E-state index contributed by atoms with van der Waals surface area (Å²) in [4.78, 5) is 0. The largest absolute Gasteiger partial charge is 0.418 e. The van der Waals surface area contributed by atoms with E-state index in [0.717, 1.165) is 37.8 Å². The zero-order valence-electron chi connectivity index (χ0n) is 17.9. The summed E-state index contributed by atoms with van der Waals surface area (Å²) < 4.78 is 24.3. The second-order valence-electron chi connectivity index (χ2n) is 9.85. The van der Waals surface area contributed by atoms with Crippen molar-refractivity contribution in [3.63, 3.8) is 0 Å². The number of hydrogen-bond acceptors (Lipinski definition) is 4. The molecule has 0 aromatic rings. The van der Waals surface area contributed by atoms with Gasteiger partial charge in [0.15, 0.2) is 8.32 Å². The molecule has 146 valence electrons. The highest BCUT2D eigenvalue weighted by Crippen LogP contribution is 2.20. The van der Waals surface area contributed by atoms with Crippen molar-refractivity contribution >= 4 is 33.0 Å². The van der Waals surface area contributed by atoms with Crippen molar-refractivity contribution < 1.29 is 18.0 Å². The number of hydrogen-bond donors (Lipinski definition) is 0. The predicted octanol–water partition coefficient (Wildman–Crippen LogP) is 4.64. The molecule has 0 fully saturated rings. The SMILES string of the molecule is COCCC[Si](C)(CO[Si](C)(C)C)OC[Si](C)(C)OC[Si](C)(C)C. The monoisotopic (exact) mass is 410 g/mol. The van der Waals surface area contributed by atoms with E-state index in [2.05, 4.69) is 58.9 Å². The van der Waals surface area contributed by atoms with E-state index in [9.17, 15) is 0 Å². The predicted molar refractivity (Wildman–Crippen MR) is 115 cm³/mol. The van der Waals surface area contributed by atoms with E-state index in [4.69, 9.17) is 18.0 Å². The Bertz CT molecular complexity index is 353. The molecule has 8 heteroatoms. The first kappa shape index (κ1) is 24.7. The highest BCUT2D eigenvalue weighted by molar-refractivity contribution is 6.79. The maximum atomic E-state index is 6.53. The van der Waals surface area contributed by atoms with Crippen LogP contribution in [0.1, 0.15) is 6.42 Å². The van der Waals surface area contributed by atoms with Crippen LogP contribution in [0.3, 0.4) is 0 Å². The third-order valence-corrected chi connectivity index (χ3v) is 11.2. The van der Waals surface area contributed by atoms with Gasteiger partial charge in [0.1, 0.15) is 0 Å². The van der Waals surface area contributed by atoms with E-state index in [1.54, 1.807) is 7.11 Å². The van der Waals surface area contributed by atoms with Crippen LogP contribution in [0.5, 0.6) is 0 Å². The number of rotatable bonds is 13. The van der Waals surface area contributed by atoms with Gasteiger partial charge in [-0.25, -0.2) is 0 Å². The minimum Gasteiger partial charge on any atom is -0.418 e. The minimum atomic E-state index is -1.88. The Morgan fingerprint density at radius 3 is 1.71 bits per heavy atom. The lowest BCUT2D eigenvalue weighted by atomic mass is 10.5. The van der Waals surface area contributed by atoms with Crippen LogP contribution in [0.25, 0.3) is 0 Å². The van der Waals surface area contributed by atoms with E-state index in [-0.39, 0.29) is 0 Å². The third-order valence-electron chi connectivity index (χ3n) is 3.53. The lowest BCUT2D eigenvalue weighted by Crippen LogP contribution is -2.50. The fourth-order valence-electron chi connectivity index (χ4n) is 1.95. The Hall–Kier alpha value is 0.708. The van der Waals surface area contributed by atoms with Gasteiger partial charge in [-0.15, -0.1) is 0 Å². The Labute approximate surface area is 155 Å². The molecule has 0 spiro atoms. The van der Waals surface area contributed by atoms with Crippen LogP contribution in [0, 0.1) is 0 Å². The van der Waals surface area contributed by atoms with Gasteiger partial charge in [-0.2, -0.15) is 0 Å². The standard InChI is InChI=1S/C16H42O4Si4/c1-17-12-11-13-24(10,16-18-22(5,6)7)20-15-23(8,9)19-14-21(2,3)4/h11-16H2,1-10H3. The number of methoxy groups -OCH3 is 1. The van der Waals surface area contributed by atoms with Gasteiger partial charge >= 0.3 is 0 Å². The van der Waals surface area contributed by atoms with Gasteiger partial charge in [-0.1, -0.05) is 19.6 Å². The minimum absolute atomic E-state index is 0.780. The van der Waals surface area contributed by atoms with Gasteiger partial charge < -0.3 is 18.0 Å². The van der Waals surface area contributed by atoms with Crippen LogP contribution in [-0.2, 0) is 18.0 Å². The Balaban J connectivity index is 4.67. The summed E-state index contributed by atoms with van der Waals surface area (Å²) in [6, 6.07) is 1.09. The Morgan fingerprint density at radius 2 is 1.25 bits per heavy atom. The van der Waals surface area contributed by atoms with E-state index >= 15 is 0 Å². The van der Waals surface area contributed by atoms with Gasteiger partial charge in [-0.05, 0) is 51.7 Å². The molecule has 0 aromatic heterocycles. The summed E-state index contributed by atoms with van der Waals surface area (Å²) in [6.45, 7) is 21.4. The molecule has 0 bridgehead atoms. The summed E-state index contributed by atoms with van der Waals surface area (Å²) in [5.41, 5.74) is 0. The lowest BCUT2D eigenvalue weighted by molar-refractivity contribution is 0.195. The zero-order valence-corrected chi connectivity index (χ0v) is 21.9. The van der Waals surface area contributed by atoms with E-state index < -0.39 is 33.0 Å².